The zero-order valence-corrected chi connectivity index (χ0v) is 15.5. The van der Waals surface area contributed by atoms with Crippen LogP contribution in [-0.2, 0) is 0 Å². The number of benzene rings is 2. The maximum Gasteiger partial charge on any atom is 0.131 e. The second-order valence-electron chi connectivity index (χ2n) is 5.56. The zero-order valence-electron chi connectivity index (χ0n) is 13.2. The van der Waals surface area contributed by atoms with Crippen LogP contribution >= 0.6 is 35.4 Å². The quantitative estimate of drug-likeness (QED) is 0.591. The number of hydrogen-bond donors (Lipinski definition) is 1. The standard InChI is InChI=1S/C18H15Cl2N3S/c1-23(2)10-16-18(24)22-15-8-7-11(19)9-13(15)17(21-16)12-5-3-4-6-14(12)20/h3-10H,1-2H3,(H,22,24)/b16-10-. The molecule has 0 amide bonds. The van der Waals surface area contributed by atoms with Gasteiger partial charge < -0.3 is 10.2 Å². The van der Waals surface area contributed by atoms with Crippen molar-refractivity contribution in [3.63, 3.8) is 0 Å². The molecule has 0 aromatic heterocycles. The number of aliphatic imine (C=N–C) groups is 1. The molecule has 0 atom stereocenters. The Bertz CT molecular complexity index is 872. The molecule has 0 unspecified atom stereocenters. The smallest absolute Gasteiger partial charge is 0.131 e. The third-order valence-electron chi connectivity index (χ3n) is 3.46. The number of anilines is 1. The van der Waals surface area contributed by atoms with E-state index in [1.807, 2.05) is 67.7 Å². The second-order valence-corrected chi connectivity index (χ2v) is 6.81. The van der Waals surface area contributed by atoms with Gasteiger partial charge in [0, 0.05) is 47.2 Å². The van der Waals surface area contributed by atoms with Crippen molar-refractivity contribution in [1.29, 1.82) is 0 Å². The van der Waals surface area contributed by atoms with E-state index in [2.05, 4.69) is 5.32 Å². The van der Waals surface area contributed by atoms with Gasteiger partial charge in [0.25, 0.3) is 0 Å². The summed E-state index contributed by atoms with van der Waals surface area (Å²) >= 11 is 18.1. The van der Waals surface area contributed by atoms with Crippen LogP contribution in [0.25, 0.3) is 0 Å². The van der Waals surface area contributed by atoms with Crippen molar-refractivity contribution in [2.24, 2.45) is 4.99 Å². The summed E-state index contributed by atoms with van der Waals surface area (Å²) in [5, 5.41) is 4.49. The molecule has 6 heteroatoms. The molecule has 0 saturated carbocycles. The molecule has 3 rings (SSSR count). The lowest BCUT2D eigenvalue weighted by Gasteiger charge is -2.11. The molecule has 3 nitrogen and oxygen atoms in total. The molecule has 122 valence electrons. The number of hydrogen-bond acceptors (Lipinski definition) is 3. The van der Waals surface area contributed by atoms with Crippen LogP contribution in [0.5, 0.6) is 0 Å². The van der Waals surface area contributed by atoms with Crippen molar-refractivity contribution >= 4 is 51.8 Å². The van der Waals surface area contributed by atoms with Crippen molar-refractivity contribution in [2.75, 3.05) is 19.4 Å². The summed E-state index contributed by atoms with van der Waals surface area (Å²) in [5.41, 5.74) is 3.94. The Kier molecular flexibility index (Phi) is 4.90. The number of nitrogens with zero attached hydrogens (tertiary/aromatic N) is 2. The molecule has 2 aromatic carbocycles. The van der Waals surface area contributed by atoms with E-state index in [0.717, 1.165) is 22.5 Å². The van der Waals surface area contributed by atoms with E-state index in [9.17, 15) is 0 Å². The van der Waals surface area contributed by atoms with Crippen LogP contribution < -0.4 is 5.32 Å². The normalized spacial score (nSPS) is 15.4. The fraction of sp³-hybridized carbons (Fsp3) is 0.111. The molecule has 1 aliphatic rings. The highest BCUT2D eigenvalue weighted by Gasteiger charge is 2.21. The van der Waals surface area contributed by atoms with Gasteiger partial charge in [-0.3, -0.25) is 0 Å². The highest BCUT2D eigenvalue weighted by atomic mass is 35.5. The molecule has 1 heterocycles. The molecule has 1 aliphatic heterocycles. The Morgan fingerprint density at radius 1 is 1.08 bits per heavy atom. The summed E-state index contributed by atoms with van der Waals surface area (Å²) in [7, 11) is 3.85. The Morgan fingerprint density at radius 2 is 1.83 bits per heavy atom. The van der Waals surface area contributed by atoms with E-state index in [1.54, 1.807) is 0 Å². The largest absolute Gasteiger partial charge is 0.382 e. The van der Waals surface area contributed by atoms with Crippen LogP contribution in [0.15, 0.2) is 59.4 Å². The van der Waals surface area contributed by atoms with E-state index in [-0.39, 0.29) is 0 Å². The Labute approximate surface area is 156 Å². The van der Waals surface area contributed by atoms with Crippen LogP contribution in [0.4, 0.5) is 5.69 Å². The Hall–Kier alpha value is -1.88. The first-order valence-corrected chi connectivity index (χ1v) is 8.45. The molecule has 0 bridgehead atoms. The molecular formula is C18H15Cl2N3S. The third kappa shape index (κ3) is 3.46. The number of fused-ring (bicyclic) bond motifs is 1. The average Bonchev–Trinajstić information content (AvgIpc) is 2.65. The lowest BCUT2D eigenvalue weighted by Crippen LogP contribution is -2.13. The van der Waals surface area contributed by atoms with Crippen molar-refractivity contribution in [3.8, 4) is 0 Å². The number of halogens is 2. The highest BCUT2D eigenvalue weighted by molar-refractivity contribution is 7.81. The number of thiocarbonyl (C=S) groups is 1. The number of nitrogens with one attached hydrogen (secondary N) is 1. The maximum atomic E-state index is 6.41. The van der Waals surface area contributed by atoms with Crippen molar-refractivity contribution in [3.05, 3.63) is 75.5 Å². The molecule has 24 heavy (non-hydrogen) atoms. The summed E-state index contributed by atoms with van der Waals surface area (Å²) in [5.74, 6) is 0. The highest BCUT2D eigenvalue weighted by Crippen LogP contribution is 2.30. The molecule has 1 N–H and O–H groups in total. The van der Waals surface area contributed by atoms with Gasteiger partial charge in [-0.1, -0.05) is 53.6 Å². The van der Waals surface area contributed by atoms with Gasteiger partial charge in [-0.25, -0.2) is 4.99 Å². The lowest BCUT2D eigenvalue weighted by atomic mass is 10.0. The minimum absolute atomic E-state index is 0.550. The second kappa shape index (κ2) is 6.93. The summed E-state index contributed by atoms with van der Waals surface area (Å²) in [6.07, 6.45) is 1.87. The summed E-state index contributed by atoms with van der Waals surface area (Å²) in [6.45, 7) is 0. The fourth-order valence-electron chi connectivity index (χ4n) is 2.43. The van der Waals surface area contributed by atoms with Gasteiger partial charge in [-0.05, 0) is 24.3 Å². The minimum Gasteiger partial charge on any atom is -0.382 e. The van der Waals surface area contributed by atoms with E-state index >= 15 is 0 Å². The number of rotatable bonds is 2. The van der Waals surface area contributed by atoms with Crippen LogP contribution in [0.3, 0.4) is 0 Å². The van der Waals surface area contributed by atoms with Gasteiger partial charge in [0.05, 0.1) is 5.71 Å². The molecule has 0 spiro atoms. The van der Waals surface area contributed by atoms with Crippen LogP contribution in [0, 0.1) is 0 Å². The van der Waals surface area contributed by atoms with E-state index < -0.39 is 0 Å². The summed E-state index contributed by atoms with van der Waals surface area (Å²) < 4.78 is 0. The zero-order chi connectivity index (χ0) is 17.3. The SMILES string of the molecule is CN(C)/C=C1\N=C(c2ccccc2Cl)c2cc(Cl)ccc2NC1=S. The lowest BCUT2D eigenvalue weighted by molar-refractivity contribution is 0.560. The monoisotopic (exact) mass is 375 g/mol. The molecule has 2 aromatic rings. The van der Waals surface area contributed by atoms with Gasteiger partial charge in [0.15, 0.2) is 0 Å². The van der Waals surface area contributed by atoms with Gasteiger partial charge in [-0.15, -0.1) is 0 Å². The van der Waals surface area contributed by atoms with Gasteiger partial charge in [-0.2, -0.15) is 0 Å². The first-order chi connectivity index (χ1) is 11.5. The first-order valence-electron chi connectivity index (χ1n) is 7.29. The minimum atomic E-state index is 0.550. The molecular weight excluding hydrogens is 361 g/mol. The fourth-order valence-corrected chi connectivity index (χ4v) is 3.04. The first kappa shape index (κ1) is 17.0. The van der Waals surface area contributed by atoms with E-state index in [0.29, 0.717) is 20.7 Å². The van der Waals surface area contributed by atoms with E-state index in [1.165, 1.54) is 0 Å². The average molecular weight is 376 g/mol. The third-order valence-corrected chi connectivity index (χ3v) is 4.34. The van der Waals surface area contributed by atoms with Gasteiger partial charge in [0.2, 0.25) is 0 Å². The predicted octanol–water partition coefficient (Wildman–Crippen LogP) is 4.99. The Morgan fingerprint density at radius 3 is 2.54 bits per heavy atom. The van der Waals surface area contributed by atoms with Crippen molar-refractivity contribution in [1.82, 2.24) is 4.90 Å². The van der Waals surface area contributed by atoms with Gasteiger partial charge >= 0.3 is 0 Å². The summed E-state index contributed by atoms with van der Waals surface area (Å²) in [4.78, 5) is 7.25. The van der Waals surface area contributed by atoms with Gasteiger partial charge in [0.1, 0.15) is 10.7 Å². The molecule has 0 radical (unpaired) electrons. The molecule has 0 saturated heterocycles. The summed E-state index contributed by atoms with van der Waals surface area (Å²) in [6, 6.07) is 13.2. The topological polar surface area (TPSA) is 27.6 Å². The van der Waals surface area contributed by atoms with Crippen LogP contribution in [0.1, 0.15) is 11.1 Å². The molecule has 0 aliphatic carbocycles. The van der Waals surface area contributed by atoms with Crippen molar-refractivity contribution < 1.29 is 0 Å². The number of benzodiazepines with no additional fused rings is 1. The molecule has 0 fully saturated rings. The van der Waals surface area contributed by atoms with Crippen LogP contribution in [-0.4, -0.2) is 29.7 Å². The maximum absolute atomic E-state index is 6.41. The van der Waals surface area contributed by atoms with E-state index in [4.69, 9.17) is 40.4 Å². The van der Waals surface area contributed by atoms with Crippen LogP contribution in [0.2, 0.25) is 10.0 Å². The predicted molar refractivity (Wildman–Crippen MR) is 107 cm³/mol. The van der Waals surface area contributed by atoms with Crippen molar-refractivity contribution in [2.45, 2.75) is 0 Å². The Balaban J connectivity index is 2.29.